The van der Waals surface area contributed by atoms with Crippen molar-refractivity contribution in [1.29, 1.82) is 0 Å². The van der Waals surface area contributed by atoms with Crippen LogP contribution in [0.1, 0.15) is 10.4 Å². The van der Waals surface area contributed by atoms with Crippen LogP contribution in [0.5, 0.6) is 5.75 Å². The lowest BCUT2D eigenvalue weighted by atomic mass is 10.1. The number of amides is 3. The van der Waals surface area contributed by atoms with Gasteiger partial charge >= 0.3 is 12.0 Å². The Morgan fingerprint density at radius 1 is 1.14 bits per heavy atom. The van der Waals surface area contributed by atoms with Crippen molar-refractivity contribution in [3.63, 3.8) is 0 Å². The Hall–Kier alpha value is -3.09. The fourth-order valence-electron chi connectivity index (χ4n) is 1.93. The molecule has 0 aliphatic heterocycles. The number of carbonyl (C=O) groups excluding carboxylic acids is 3. The van der Waals surface area contributed by atoms with Crippen LogP contribution in [-0.2, 0) is 9.53 Å². The van der Waals surface area contributed by atoms with Crippen molar-refractivity contribution < 1.29 is 23.9 Å². The van der Waals surface area contributed by atoms with Gasteiger partial charge in [0.1, 0.15) is 11.3 Å². The van der Waals surface area contributed by atoms with E-state index in [4.69, 9.17) is 15.2 Å². The first-order valence-corrected chi connectivity index (χ1v) is 6.34. The van der Waals surface area contributed by atoms with Gasteiger partial charge < -0.3 is 15.2 Å². The van der Waals surface area contributed by atoms with Gasteiger partial charge in [0, 0.05) is 0 Å². The molecule has 0 saturated heterocycles. The number of rotatable bonds is 4. The van der Waals surface area contributed by atoms with E-state index in [2.05, 4.69) is 0 Å². The Morgan fingerprint density at radius 2 is 1.77 bits per heavy atom. The molecular formula is C15H14N2O5. The van der Waals surface area contributed by atoms with Crippen molar-refractivity contribution >= 4 is 28.7 Å². The molecule has 7 nitrogen and oxygen atoms in total. The number of esters is 1. The summed E-state index contributed by atoms with van der Waals surface area (Å²) >= 11 is 0. The molecule has 2 aromatic rings. The second-order valence-corrected chi connectivity index (χ2v) is 4.39. The SMILES string of the molecule is COc1cc2ccccc2cc1C(=O)OCC(=O)NC(N)=O. The Bertz CT molecular complexity index is 742. The fourth-order valence-corrected chi connectivity index (χ4v) is 1.93. The number of carbonyl (C=O) groups is 3. The second kappa shape index (κ2) is 6.57. The molecule has 22 heavy (non-hydrogen) atoms. The van der Waals surface area contributed by atoms with Crippen LogP contribution in [0.2, 0.25) is 0 Å². The van der Waals surface area contributed by atoms with Gasteiger partial charge in [0.05, 0.1) is 7.11 Å². The molecule has 3 amide bonds. The minimum Gasteiger partial charge on any atom is -0.496 e. The zero-order valence-electron chi connectivity index (χ0n) is 11.8. The number of methoxy groups -OCH3 is 1. The van der Waals surface area contributed by atoms with E-state index in [-0.39, 0.29) is 5.56 Å². The first-order chi connectivity index (χ1) is 10.5. The highest BCUT2D eigenvalue weighted by molar-refractivity contribution is 6.00. The topological polar surface area (TPSA) is 108 Å². The smallest absolute Gasteiger partial charge is 0.342 e. The molecule has 0 atom stereocenters. The van der Waals surface area contributed by atoms with E-state index in [1.165, 1.54) is 7.11 Å². The molecule has 114 valence electrons. The molecule has 0 unspecified atom stereocenters. The lowest BCUT2D eigenvalue weighted by Gasteiger charge is -2.10. The summed E-state index contributed by atoms with van der Waals surface area (Å²) in [6.45, 7) is -0.613. The molecule has 0 aliphatic rings. The van der Waals surface area contributed by atoms with E-state index in [1.54, 1.807) is 17.4 Å². The molecular weight excluding hydrogens is 288 g/mol. The van der Waals surface area contributed by atoms with Crippen molar-refractivity contribution in [2.45, 2.75) is 0 Å². The summed E-state index contributed by atoms with van der Waals surface area (Å²) in [4.78, 5) is 33.8. The molecule has 0 spiro atoms. The van der Waals surface area contributed by atoms with E-state index in [0.29, 0.717) is 5.75 Å². The van der Waals surface area contributed by atoms with E-state index in [9.17, 15) is 14.4 Å². The van der Waals surface area contributed by atoms with Crippen molar-refractivity contribution in [3.8, 4) is 5.75 Å². The highest BCUT2D eigenvalue weighted by Crippen LogP contribution is 2.26. The van der Waals surface area contributed by atoms with Gasteiger partial charge in [-0.3, -0.25) is 10.1 Å². The number of benzene rings is 2. The van der Waals surface area contributed by atoms with Gasteiger partial charge in [-0.25, -0.2) is 9.59 Å². The quantitative estimate of drug-likeness (QED) is 0.825. The molecule has 0 bridgehead atoms. The lowest BCUT2D eigenvalue weighted by Crippen LogP contribution is -2.37. The third-order valence-corrected chi connectivity index (χ3v) is 2.88. The molecule has 0 heterocycles. The number of primary amides is 1. The number of nitrogens with two attached hydrogens (primary N) is 1. The third kappa shape index (κ3) is 3.51. The van der Waals surface area contributed by atoms with Crippen LogP contribution >= 0.6 is 0 Å². The minimum absolute atomic E-state index is 0.188. The molecule has 3 N–H and O–H groups in total. The maximum atomic E-state index is 12.1. The van der Waals surface area contributed by atoms with Gasteiger partial charge in [0.2, 0.25) is 0 Å². The first-order valence-electron chi connectivity index (χ1n) is 6.34. The molecule has 2 rings (SSSR count). The summed E-state index contributed by atoms with van der Waals surface area (Å²) in [7, 11) is 1.43. The average molecular weight is 302 g/mol. The Morgan fingerprint density at radius 3 is 2.36 bits per heavy atom. The van der Waals surface area contributed by atoms with E-state index in [0.717, 1.165) is 10.8 Å². The van der Waals surface area contributed by atoms with Crippen LogP contribution in [0.3, 0.4) is 0 Å². The van der Waals surface area contributed by atoms with Crippen LogP contribution in [0.15, 0.2) is 36.4 Å². The lowest BCUT2D eigenvalue weighted by molar-refractivity contribution is -0.123. The number of nitrogens with one attached hydrogen (secondary N) is 1. The minimum atomic E-state index is -1.01. The summed E-state index contributed by atoms with van der Waals surface area (Å²) in [6.07, 6.45) is 0. The molecule has 0 aliphatic carbocycles. The second-order valence-electron chi connectivity index (χ2n) is 4.39. The highest BCUT2D eigenvalue weighted by atomic mass is 16.5. The third-order valence-electron chi connectivity index (χ3n) is 2.88. The van der Waals surface area contributed by atoms with Gasteiger partial charge in [0.15, 0.2) is 6.61 Å². The maximum Gasteiger partial charge on any atom is 0.342 e. The van der Waals surface area contributed by atoms with Crippen molar-refractivity contribution in [1.82, 2.24) is 5.32 Å². The number of fused-ring (bicyclic) bond motifs is 1. The average Bonchev–Trinajstić information content (AvgIpc) is 2.50. The molecule has 0 fully saturated rings. The van der Waals surface area contributed by atoms with Crippen LogP contribution in [0.25, 0.3) is 10.8 Å². The zero-order valence-corrected chi connectivity index (χ0v) is 11.8. The first kappa shape index (κ1) is 15.3. The van der Waals surface area contributed by atoms with Crippen LogP contribution in [0, 0.1) is 0 Å². The number of hydrogen-bond acceptors (Lipinski definition) is 5. The van der Waals surface area contributed by atoms with Gasteiger partial charge in [-0.05, 0) is 22.9 Å². The van der Waals surface area contributed by atoms with Crippen molar-refractivity contribution in [2.24, 2.45) is 5.73 Å². The largest absolute Gasteiger partial charge is 0.496 e. The van der Waals surface area contributed by atoms with Crippen LogP contribution in [-0.4, -0.2) is 31.6 Å². The predicted octanol–water partition coefficient (Wildman–Crippen LogP) is 1.20. The Kier molecular flexibility index (Phi) is 4.57. The molecule has 0 radical (unpaired) electrons. The monoisotopic (exact) mass is 302 g/mol. The van der Waals surface area contributed by atoms with Gasteiger partial charge in [-0.2, -0.15) is 0 Å². The van der Waals surface area contributed by atoms with Crippen LogP contribution < -0.4 is 15.8 Å². The predicted molar refractivity (Wildman–Crippen MR) is 78.5 cm³/mol. The van der Waals surface area contributed by atoms with E-state index in [1.807, 2.05) is 24.3 Å². The summed E-state index contributed by atoms with van der Waals surface area (Å²) in [5.74, 6) is -1.21. The summed E-state index contributed by atoms with van der Waals surface area (Å²) in [6, 6.07) is 9.73. The van der Waals surface area contributed by atoms with Crippen LogP contribution in [0.4, 0.5) is 4.79 Å². The van der Waals surface area contributed by atoms with Gasteiger partial charge in [0.25, 0.3) is 5.91 Å². The number of hydrogen-bond donors (Lipinski definition) is 2. The van der Waals surface area contributed by atoms with Crippen molar-refractivity contribution in [2.75, 3.05) is 13.7 Å². The van der Waals surface area contributed by atoms with E-state index >= 15 is 0 Å². The molecule has 0 saturated carbocycles. The summed E-state index contributed by atoms with van der Waals surface area (Å²) < 4.78 is 10.0. The van der Waals surface area contributed by atoms with Crippen molar-refractivity contribution in [3.05, 3.63) is 42.0 Å². The maximum absolute atomic E-state index is 12.1. The summed E-state index contributed by atoms with van der Waals surface area (Å²) in [5.41, 5.74) is 4.98. The number of ether oxygens (including phenoxy) is 2. The Labute approximate surface area is 126 Å². The van der Waals surface area contributed by atoms with Gasteiger partial charge in [-0.15, -0.1) is 0 Å². The molecule has 7 heteroatoms. The molecule has 0 aromatic heterocycles. The standard InChI is InChI=1S/C15H14N2O5/c1-21-12-7-10-5-3-2-4-9(10)6-11(12)14(19)22-8-13(18)17-15(16)20/h2-7H,8H2,1H3,(H3,16,17,18,20). The fraction of sp³-hybridized carbons (Fsp3) is 0.133. The zero-order chi connectivity index (χ0) is 16.1. The van der Waals surface area contributed by atoms with Gasteiger partial charge in [-0.1, -0.05) is 24.3 Å². The Balaban J connectivity index is 2.19. The normalized spacial score (nSPS) is 10.0. The molecule has 2 aromatic carbocycles. The van der Waals surface area contributed by atoms with E-state index < -0.39 is 24.5 Å². The summed E-state index contributed by atoms with van der Waals surface area (Å²) in [5, 5.41) is 3.53. The number of urea groups is 1. The number of imide groups is 1. The highest BCUT2D eigenvalue weighted by Gasteiger charge is 2.16.